The summed E-state index contributed by atoms with van der Waals surface area (Å²) in [6, 6.07) is 8.32. The average Bonchev–Trinajstić information content (AvgIpc) is 3.60. The molecule has 2 aliphatic rings. The minimum Gasteiger partial charge on any atom is -0.477 e. The predicted molar refractivity (Wildman–Crippen MR) is 201 cm³/mol. The van der Waals surface area contributed by atoms with Gasteiger partial charge in [0.15, 0.2) is 0 Å². The molecule has 0 aliphatic carbocycles. The first kappa shape index (κ1) is 39.9. The van der Waals surface area contributed by atoms with E-state index in [1.165, 1.54) is 25.3 Å². The second kappa shape index (κ2) is 17.7. The molecule has 0 atom stereocenters. The molecule has 18 heteroatoms. The number of thiophene rings is 2. The normalized spacial score (nSPS) is 14.2. The van der Waals surface area contributed by atoms with Gasteiger partial charge in [0.1, 0.15) is 31.4 Å². The van der Waals surface area contributed by atoms with Crippen molar-refractivity contribution in [2.75, 3.05) is 80.1 Å². The summed E-state index contributed by atoms with van der Waals surface area (Å²) >= 11 is 14.0. The van der Waals surface area contributed by atoms with Crippen molar-refractivity contribution in [2.45, 2.75) is 13.8 Å². The Morgan fingerprint density at radius 2 is 1.11 bits per heavy atom. The van der Waals surface area contributed by atoms with E-state index in [1.54, 1.807) is 26.0 Å². The van der Waals surface area contributed by atoms with Crippen LogP contribution >= 0.6 is 45.9 Å². The first-order chi connectivity index (χ1) is 25.3. The van der Waals surface area contributed by atoms with Gasteiger partial charge in [-0.3, -0.25) is 9.59 Å². The third-order valence-electron chi connectivity index (χ3n) is 8.21. The van der Waals surface area contributed by atoms with Crippen LogP contribution in [0.25, 0.3) is 0 Å². The second-order valence-corrected chi connectivity index (χ2v) is 14.5. The van der Waals surface area contributed by atoms with Gasteiger partial charge < -0.3 is 39.8 Å². The molecule has 2 aliphatic heterocycles. The van der Waals surface area contributed by atoms with Crippen LogP contribution in [-0.4, -0.2) is 88.6 Å². The summed E-state index contributed by atoms with van der Waals surface area (Å²) in [5.41, 5.74) is 2.57. The lowest BCUT2D eigenvalue weighted by Crippen LogP contribution is -2.36. The summed E-state index contributed by atoms with van der Waals surface area (Å²) in [6.45, 7) is 8.00. The van der Waals surface area contributed by atoms with E-state index in [9.17, 15) is 28.0 Å². The van der Waals surface area contributed by atoms with Crippen LogP contribution in [-0.2, 0) is 14.2 Å². The van der Waals surface area contributed by atoms with E-state index in [2.05, 4.69) is 15.4 Å². The van der Waals surface area contributed by atoms with Gasteiger partial charge in [-0.05, 0) is 50.2 Å². The Morgan fingerprint density at radius 3 is 1.49 bits per heavy atom. The highest BCUT2D eigenvalue weighted by atomic mass is 35.5. The SMILES string of the molecule is COC(=O)c1sc(NC(=O)c2cc(F)cc(N3CCOCC3)c2)c(C)c1Cl.Cc1c(NC(=O)c2cc(F)cc(N3CCOCC3)c2)sc(C(=O)O)c1Cl. The van der Waals surface area contributed by atoms with Crippen molar-refractivity contribution in [1.29, 1.82) is 0 Å². The van der Waals surface area contributed by atoms with Gasteiger partial charge in [-0.2, -0.15) is 0 Å². The van der Waals surface area contributed by atoms with E-state index in [0.717, 1.165) is 28.7 Å². The van der Waals surface area contributed by atoms with Crippen molar-refractivity contribution in [3.63, 3.8) is 0 Å². The summed E-state index contributed by atoms with van der Waals surface area (Å²) in [6.07, 6.45) is 0. The van der Waals surface area contributed by atoms with E-state index in [-0.39, 0.29) is 30.9 Å². The fourth-order valence-corrected chi connectivity index (χ4v) is 7.99. The zero-order valence-electron chi connectivity index (χ0n) is 28.6. The summed E-state index contributed by atoms with van der Waals surface area (Å²) in [5.74, 6) is -3.78. The zero-order chi connectivity index (χ0) is 38.4. The van der Waals surface area contributed by atoms with Gasteiger partial charge in [0.05, 0.1) is 43.6 Å². The smallest absolute Gasteiger partial charge is 0.349 e. The fraction of sp³-hybridized carbons (Fsp3) is 0.314. The molecule has 3 N–H and O–H groups in total. The lowest BCUT2D eigenvalue weighted by molar-refractivity contribution is 0.0605. The molecular formula is C35H34Cl2F2N4O8S2. The number of hydrogen-bond acceptors (Lipinski definition) is 11. The number of carbonyl (C=O) groups excluding carboxylic acids is 3. The standard InChI is InChI=1S/C18H18ClFN2O4S.C17H16ClFN2O4S/c1-10-14(19)15(18(24)25-2)27-17(10)21-16(23)11-7-12(20)9-13(8-11)22-3-5-26-6-4-22;1-9-13(18)14(17(23)24)26-16(9)20-15(22)10-6-11(19)8-12(7-10)21-2-4-25-5-3-21/h7-9H,3-6H2,1-2H3,(H,21,23);6-8H,2-5H2,1H3,(H,20,22)(H,23,24). The number of nitrogens with zero attached hydrogens (tertiary/aromatic N) is 2. The lowest BCUT2D eigenvalue weighted by atomic mass is 10.1. The van der Waals surface area contributed by atoms with Crippen LogP contribution in [0.4, 0.5) is 30.2 Å². The number of benzene rings is 2. The van der Waals surface area contributed by atoms with Gasteiger partial charge in [-0.15, -0.1) is 22.7 Å². The molecule has 0 spiro atoms. The number of carbonyl (C=O) groups is 4. The maximum atomic E-state index is 14.1. The van der Waals surface area contributed by atoms with Crippen LogP contribution in [0, 0.1) is 25.5 Å². The number of anilines is 4. The van der Waals surface area contributed by atoms with Crippen LogP contribution in [0.2, 0.25) is 10.0 Å². The number of aromatic carboxylic acids is 1. The van der Waals surface area contributed by atoms with Crippen molar-refractivity contribution in [1.82, 2.24) is 0 Å². The van der Waals surface area contributed by atoms with E-state index >= 15 is 0 Å². The Morgan fingerprint density at radius 1 is 0.717 bits per heavy atom. The fourth-order valence-electron chi connectivity index (χ4n) is 5.36. The van der Waals surface area contributed by atoms with Crippen LogP contribution in [0.1, 0.15) is 51.2 Å². The summed E-state index contributed by atoms with van der Waals surface area (Å²) in [7, 11) is 1.26. The number of carboxylic acids is 1. The Labute approximate surface area is 321 Å². The molecular weight excluding hydrogens is 777 g/mol. The highest BCUT2D eigenvalue weighted by Crippen LogP contribution is 2.38. The Hall–Kier alpha value is -4.32. The molecule has 2 aromatic heterocycles. The first-order valence-corrected chi connectivity index (χ1v) is 18.4. The van der Waals surface area contributed by atoms with Gasteiger partial charge in [-0.25, -0.2) is 18.4 Å². The Balaban J connectivity index is 0.000000204. The number of ether oxygens (including phenoxy) is 3. The summed E-state index contributed by atoms with van der Waals surface area (Å²) in [5, 5.41) is 15.5. The molecule has 0 radical (unpaired) electrons. The van der Waals surface area contributed by atoms with Crippen LogP contribution in [0.5, 0.6) is 0 Å². The zero-order valence-corrected chi connectivity index (χ0v) is 31.8. The highest BCUT2D eigenvalue weighted by Gasteiger charge is 2.24. The van der Waals surface area contributed by atoms with Gasteiger partial charge in [0, 0.05) is 59.8 Å². The van der Waals surface area contributed by atoms with Gasteiger partial charge in [0.25, 0.3) is 11.8 Å². The molecule has 0 saturated carbocycles. The van der Waals surface area contributed by atoms with Crippen molar-refractivity contribution >= 4 is 91.0 Å². The number of methoxy groups -OCH3 is 1. The van der Waals surface area contributed by atoms with E-state index in [1.807, 2.05) is 9.80 Å². The molecule has 4 heterocycles. The van der Waals surface area contributed by atoms with Crippen LogP contribution < -0.4 is 20.4 Å². The van der Waals surface area contributed by atoms with Crippen molar-refractivity contribution in [3.8, 4) is 0 Å². The molecule has 53 heavy (non-hydrogen) atoms. The highest BCUT2D eigenvalue weighted by molar-refractivity contribution is 7.19. The van der Waals surface area contributed by atoms with Gasteiger partial charge in [0.2, 0.25) is 0 Å². The Bertz CT molecular complexity index is 2030. The number of amides is 2. The molecule has 6 rings (SSSR count). The van der Waals surface area contributed by atoms with Crippen molar-refractivity contribution in [3.05, 3.63) is 90.1 Å². The monoisotopic (exact) mass is 810 g/mol. The molecule has 4 aromatic rings. The number of rotatable bonds is 8. The van der Waals surface area contributed by atoms with Crippen LogP contribution in [0.15, 0.2) is 36.4 Å². The second-order valence-electron chi connectivity index (χ2n) is 11.7. The molecule has 0 unspecified atom stereocenters. The van der Waals surface area contributed by atoms with E-state index < -0.39 is 35.4 Å². The number of hydrogen-bond donors (Lipinski definition) is 3. The largest absolute Gasteiger partial charge is 0.477 e. The number of morpholine rings is 2. The van der Waals surface area contributed by atoms with Crippen molar-refractivity contribution in [2.24, 2.45) is 0 Å². The van der Waals surface area contributed by atoms with E-state index in [4.69, 9.17) is 37.8 Å². The molecule has 2 aromatic carbocycles. The summed E-state index contributed by atoms with van der Waals surface area (Å²) < 4.78 is 43.3. The lowest BCUT2D eigenvalue weighted by Gasteiger charge is -2.29. The van der Waals surface area contributed by atoms with Crippen LogP contribution in [0.3, 0.4) is 0 Å². The predicted octanol–water partition coefficient (Wildman–Crippen LogP) is 7.36. The first-order valence-electron chi connectivity index (χ1n) is 16.1. The molecule has 2 fully saturated rings. The number of esters is 1. The minimum atomic E-state index is -1.16. The maximum Gasteiger partial charge on any atom is 0.349 e. The third-order valence-corrected chi connectivity index (χ3v) is 11.8. The van der Waals surface area contributed by atoms with Gasteiger partial charge in [-0.1, -0.05) is 23.2 Å². The molecule has 2 saturated heterocycles. The summed E-state index contributed by atoms with van der Waals surface area (Å²) in [4.78, 5) is 52.1. The quantitative estimate of drug-likeness (QED) is 0.154. The number of nitrogens with one attached hydrogen (secondary N) is 2. The average molecular weight is 812 g/mol. The van der Waals surface area contributed by atoms with Crippen molar-refractivity contribution < 1.29 is 47.3 Å². The van der Waals surface area contributed by atoms with Gasteiger partial charge >= 0.3 is 11.9 Å². The topological polar surface area (TPSA) is 147 Å². The Kier molecular flexibility index (Phi) is 13.3. The third kappa shape index (κ3) is 9.62. The molecule has 2 amide bonds. The molecule has 0 bridgehead atoms. The molecule has 12 nitrogen and oxygen atoms in total. The minimum absolute atomic E-state index is 0.0484. The number of halogens is 4. The molecule has 282 valence electrons. The maximum absolute atomic E-state index is 14.1. The number of carboxylic acid groups (broad SMARTS) is 1. The van der Waals surface area contributed by atoms with E-state index in [0.29, 0.717) is 85.1 Å².